The van der Waals surface area contributed by atoms with E-state index in [2.05, 4.69) is 26.8 Å². The summed E-state index contributed by atoms with van der Waals surface area (Å²) < 4.78 is 18.8. The van der Waals surface area contributed by atoms with Crippen molar-refractivity contribution in [3.8, 4) is 0 Å². The second-order valence-electron chi connectivity index (χ2n) is 7.27. The molecule has 0 fully saturated rings. The Labute approximate surface area is 151 Å². The van der Waals surface area contributed by atoms with Crippen LogP contribution in [0, 0.1) is 5.41 Å². The second kappa shape index (κ2) is 9.55. The lowest BCUT2D eigenvalue weighted by molar-refractivity contribution is -0.137. The minimum Gasteiger partial charge on any atom is -0.463 e. The third-order valence-corrected chi connectivity index (χ3v) is 4.55. The van der Waals surface area contributed by atoms with Gasteiger partial charge in [-0.3, -0.25) is 0 Å². The monoisotopic (exact) mass is 346 g/mol. The Morgan fingerprint density at radius 3 is 2.56 bits per heavy atom. The number of halogens is 1. The van der Waals surface area contributed by atoms with Crippen molar-refractivity contribution in [2.45, 2.75) is 60.8 Å². The van der Waals surface area contributed by atoms with Crippen LogP contribution < -0.4 is 0 Å². The zero-order valence-corrected chi connectivity index (χ0v) is 16.4. The van der Waals surface area contributed by atoms with E-state index in [1.165, 1.54) is 36.1 Å². The van der Waals surface area contributed by atoms with Crippen molar-refractivity contribution in [2.75, 3.05) is 6.61 Å². The summed E-state index contributed by atoms with van der Waals surface area (Å²) in [6.07, 6.45) is 12.1. The number of carbonyl (C=O) groups is 1. The summed E-state index contributed by atoms with van der Waals surface area (Å²) in [5.41, 5.74) is 4.24. The molecule has 0 saturated heterocycles. The Hall–Kier alpha value is -1.90. The summed E-state index contributed by atoms with van der Waals surface area (Å²) in [6.45, 7) is 12.2. The number of hydrogen-bond acceptors (Lipinski definition) is 2. The molecule has 1 rings (SSSR count). The molecule has 0 saturated carbocycles. The molecule has 0 unspecified atom stereocenters. The molecule has 0 aromatic carbocycles. The fraction of sp³-hybridized carbons (Fsp3) is 0.500. The molecule has 3 heteroatoms. The molecule has 0 aliphatic heterocycles. The number of hydrogen-bond donors (Lipinski definition) is 0. The number of esters is 1. The largest absolute Gasteiger partial charge is 0.463 e. The molecule has 0 bridgehead atoms. The first-order valence-electron chi connectivity index (χ1n) is 8.95. The predicted molar refractivity (Wildman–Crippen MR) is 103 cm³/mol. The van der Waals surface area contributed by atoms with Crippen molar-refractivity contribution in [3.63, 3.8) is 0 Å². The summed E-state index contributed by atoms with van der Waals surface area (Å²) >= 11 is 0. The predicted octanol–water partition coefficient (Wildman–Crippen LogP) is 6.38. The third-order valence-electron chi connectivity index (χ3n) is 4.55. The molecular formula is C22H31FO2. The van der Waals surface area contributed by atoms with E-state index in [9.17, 15) is 9.18 Å². The molecule has 138 valence electrons. The van der Waals surface area contributed by atoms with Crippen LogP contribution in [-0.4, -0.2) is 12.6 Å². The van der Waals surface area contributed by atoms with Gasteiger partial charge in [0.15, 0.2) is 0 Å². The minimum absolute atomic E-state index is 0.194. The van der Waals surface area contributed by atoms with Crippen molar-refractivity contribution < 1.29 is 13.9 Å². The first-order valence-corrected chi connectivity index (χ1v) is 8.95. The first kappa shape index (κ1) is 21.1. The number of allylic oxidation sites excluding steroid dienone is 9. The Morgan fingerprint density at radius 1 is 1.28 bits per heavy atom. The number of rotatable bonds is 6. The fourth-order valence-electron chi connectivity index (χ4n) is 3.05. The lowest BCUT2D eigenvalue weighted by Crippen LogP contribution is -2.19. The Morgan fingerprint density at radius 2 is 1.96 bits per heavy atom. The summed E-state index contributed by atoms with van der Waals surface area (Å²) in [4.78, 5) is 11.3. The second-order valence-corrected chi connectivity index (χ2v) is 7.27. The molecule has 0 radical (unpaired) electrons. The van der Waals surface area contributed by atoms with Gasteiger partial charge in [0.25, 0.3) is 0 Å². The molecule has 1 aliphatic carbocycles. The van der Waals surface area contributed by atoms with E-state index in [0.717, 1.165) is 12.0 Å². The van der Waals surface area contributed by atoms with Crippen molar-refractivity contribution >= 4 is 5.97 Å². The highest BCUT2D eigenvalue weighted by Crippen LogP contribution is 2.40. The normalized spacial score (nSPS) is 19.6. The highest BCUT2D eigenvalue weighted by atomic mass is 19.1. The summed E-state index contributed by atoms with van der Waals surface area (Å²) in [6, 6.07) is 0. The Bertz CT molecular complexity index is 643. The SMILES string of the molecule is CCOC(=O)/C=C(C)/C(F)=C/C=C(C)\C=C\C1=C(C)CCCC1(C)C. The molecule has 0 spiro atoms. The zero-order chi connectivity index (χ0) is 19.0. The van der Waals surface area contributed by atoms with Gasteiger partial charge in [0.05, 0.1) is 6.61 Å². The van der Waals surface area contributed by atoms with Gasteiger partial charge < -0.3 is 4.74 Å². The number of carbonyl (C=O) groups excluding carboxylic acids is 1. The molecule has 0 atom stereocenters. The van der Waals surface area contributed by atoms with Gasteiger partial charge in [-0.25, -0.2) is 9.18 Å². The summed E-state index contributed by atoms with van der Waals surface area (Å²) in [7, 11) is 0. The highest BCUT2D eigenvalue weighted by molar-refractivity contribution is 5.83. The maximum atomic E-state index is 14.0. The van der Waals surface area contributed by atoms with Crippen LogP contribution in [-0.2, 0) is 9.53 Å². The average molecular weight is 346 g/mol. The van der Waals surface area contributed by atoms with Gasteiger partial charge in [0, 0.05) is 6.08 Å². The van der Waals surface area contributed by atoms with Gasteiger partial charge in [-0.15, -0.1) is 0 Å². The van der Waals surface area contributed by atoms with Gasteiger partial charge in [0.2, 0.25) is 0 Å². The molecule has 0 aromatic heterocycles. The van der Waals surface area contributed by atoms with Gasteiger partial charge in [-0.2, -0.15) is 0 Å². The Balaban J connectivity index is 2.86. The van der Waals surface area contributed by atoms with Crippen LogP contribution in [0.25, 0.3) is 0 Å². The third kappa shape index (κ3) is 6.85. The van der Waals surface area contributed by atoms with Crippen LogP contribution in [0.5, 0.6) is 0 Å². The van der Waals surface area contributed by atoms with Crippen molar-refractivity contribution in [1.29, 1.82) is 0 Å². The van der Waals surface area contributed by atoms with Crippen molar-refractivity contribution in [3.05, 3.63) is 58.5 Å². The molecule has 25 heavy (non-hydrogen) atoms. The lowest BCUT2D eigenvalue weighted by Gasteiger charge is -2.32. The van der Waals surface area contributed by atoms with Crippen LogP contribution in [0.1, 0.15) is 60.8 Å². The first-order chi connectivity index (χ1) is 11.7. The van der Waals surface area contributed by atoms with Crippen molar-refractivity contribution in [1.82, 2.24) is 0 Å². The molecule has 0 heterocycles. The van der Waals surface area contributed by atoms with E-state index in [1.807, 2.05) is 13.0 Å². The number of ether oxygens (including phenoxy) is 1. The van der Waals surface area contributed by atoms with Crippen LogP contribution in [0.3, 0.4) is 0 Å². The van der Waals surface area contributed by atoms with Crippen LogP contribution in [0.4, 0.5) is 4.39 Å². The molecule has 0 aromatic rings. The van der Waals surface area contributed by atoms with Gasteiger partial charge in [-0.05, 0) is 69.6 Å². The summed E-state index contributed by atoms with van der Waals surface area (Å²) in [5.74, 6) is -0.958. The maximum Gasteiger partial charge on any atom is 0.331 e. The van der Waals surface area contributed by atoms with E-state index in [-0.39, 0.29) is 17.6 Å². The molecule has 1 aliphatic rings. The quantitative estimate of drug-likeness (QED) is 0.317. The van der Waals surface area contributed by atoms with E-state index < -0.39 is 11.8 Å². The minimum atomic E-state index is -0.522. The van der Waals surface area contributed by atoms with E-state index in [1.54, 1.807) is 19.9 Å². The molecule has 2 nitrogen and oxygen atoms in total. The Kier molecular flexibility index (Phi) is 8.08. The fourth-order valence-corrected chi connectivity index (χ4v) is 3.05. The topological polar surface area (TPSA) is 26.3 Å². The maximum absolute atomic E-state index is 14.0. The van der Waals surface area contributed by atoms with Gasteiger partial charge in [0.1, 0.15) is 5.83 Å². The molecule has 0 amide bonds. The van der Waals surface area contributed by atoms with Crippen molar-refractivity contribution in [2.24, 2.45) is 5.41 Å². The molecular weight excluding hydrogens is 315 g/mol. The van der Waals surface area contributed by atoms with Crippen LogP contribution in [0.15, 0.2) is 58.5 Å². The highest BCUT2D eigenvalue weighted by Gasteiger charge is 2.26. The smallest absolute Gasteiger partial charge is 0.331 e. The van der Waals surface area contributed by atoms with E-state index in [4.69, 9.17) is 4.74 Å². The average Bonchev–Trinajstić information content (AvgIpc) is 2.51. The van der Waals surface area contributed by atoms with Gasteiger partial charge in [-0.1, -0.05) is 43.2 Å². The van der Waals surface area contributed by atoms with Crippen LogP contribution in [0.2, 0.25) is 0 Å². The standard InChI is InChI=1S/C22H31FO2/c1-7-25-21(24)15-18(4)20(23)13-11-16(2)10-12-19-17(3)9-8-14-22(19,5)6/h10-13,15H,7-9,14H2,1-6H3/b12-10+,16-11-,18-15+,20-13-. The summed E-state index contributed by atoms with van der Waals surface area (Å²) in [5, 5.41) is 0. The molecule has 0 N–H and O–H groups in total. The zero-order valence-electron chi connectivity index (χ0n) is 16.4. The van der Waals surface area contributed by atoms with Gasteiger partial charge >= 0.3 is 5.97 Å². The van der Waals surface area contributed by atoms with E-state index >= 15 is 0 Å². The van der Waals surface area contributed by atoms with E-state index in [0.29, 0.717) is 0 Å². The van der Waals surface area contributed by atoms with Crippen LogP contribution >= 0.6 is 0 Å². The lowest BCUT2D eigenvalue weighted by atomic mass is 9.72.